The second kappa shape index (κ2) is 5.13. The van der Waals surface area contributed by atoms with Crippen LogP contribution in [0.5, 0.6) is 11.5 Å². The number of carbonyl (C=O) groups excluding carboxylic acids is 1. The third-order valence-corrected chi connectivity index (χ3v) is 5.00. The molecule has 4 heteroatoms. The Morgan fingerprint density at radius 1 is 0.958 bits per heavy atom. The average molecular weight is 319 g/mol. The lowest BCUT2D eigenvalue weighted by atomic mass is 9.95. The number of fused-ring (bicyclic) bond motifs is 4. The summed E-state index contributed by atoms with van der Waals surface area (Å²) < 4.78 is 12.7. The summed E-state index contributed by atoms with van der Waals surface area (Å²) in [6.45, 7) is 0.217. The maximum absolute atomic E-state index is 13.3. The number of rotatable bonds is 1. The van der Waals surface area contributed by atoms with Gasteiger partial charge in [0.15, 0.2) is 11.5 Å². The molecule has 2 aromatic carbocycles. The topological polar surface area (TPSA) is 40.5 Å². The highest BCUT2D eigenvalue weighted by Gasteiger charge is 2.25. The molecule has 0 amide bonds. The van der Waals surface area contributed by atoms with Crippen LogP contribution in [0.4, 0.5) is 0 Å². The molecule has 1 aliphatic carbocycles. The molecule has 2 heterocycles. The predicted molar refractivity (Wildman–Crippen MR) is 90.9 cm³/mol. The minimum atomic E-state index is 0.00708. The first kappa shape index (κ1) is 13.7. The highest BCUT2D eigenvalue weighted by atomic mass is 16.7. The first-order valence-electron chi connectivity index (χ1n) is 8.38. The summed E-state index contributed by atoms with van der Waals surface area (Å²) in [5.74, 6) is 1.35. The van der Waals surface area contributed by atoms with E-state index < -0.39 is 0 Å². The molecular formula is C20H17NO3. The van der Waals surface area contributed by atoms with Crippen LogP contribution < -0.4 is 9.47 Å². The van der Waals surface area contributed by atoms with Crippen molar-refractivity contribution < 1.29 is 14.3 Å². The number of hydrogen-bond donors (Lipinski definition) is 0. The standard InChI is InChI=1S/C20H17NO3/c22-20(13-9-10-18-19(11-13)24-12-23-18)21-16-7-3-1-5-14(16)15-6-2-4-8-17(15)21/h1,3,5,7,9-11H,2,4,6,8,12H2. The van der Waals surface area contributed by atoms with E-state index >= 15 is 0 Å². The molecule has 0 saturated heterocycles. The molecule has 0 spiro atoms. The summed E-state index contributed by atoms with van der Waals surface area (Å²) in [4.78, 5) is 13.3. The lowest BCUT2D eigenvalue weighted by Gasteiger charge is -2.15. The van der Waals surface area contributed by atoms with Crippen LogP contribution in [0, 0.1) is 0 Å². The number of aryl methyl sites for hydroxylation is 1. The Morgan fingerprint density at radius 2 is 1.79 bits per heavy atom. The van der Waals surface area contributed by atoms with Crippen molar-refractivity contribution in [2.24, 2.45) is 0 Å². The van der Waals surface area contributed by atoms with E-state index in [1.807, 2.05) is 34.9 Å². The molecule has 120 valence electrons. The largest absolute Gasteiger partial charge is 0.454 e. The van der Waals surface area contributed by atoms with Gasteiger partial charge in [-0.1, -0.05) is 18.2 Å². The van der Waals surface area contributed by atoms with Gasteiger partial charge < -0.3 is 9.47 Å². The van der Waals surface area contributed by atoms with E-state index in [-0.39, 0.29) is 12.7 Å². The van der Waals surface area contributed by atoms with Gasteiger partial charge in [0.05, 0.1) is 5.52 Å². The lowest BCUT2D eigenvalue weighted by Crippen LogP contribution is -2.17. The van der Waals surface area contributed by atoms with E-state index in [2.05, 4.69) is 6.07 Å². The molecule has 0 radical (unpaired) electrons. The fourth-order valence-corrected chi connectivity index (χ4v) is 3.89. The maximum atomic E-state index is 13.3. The van der Waals surface area contributed by atoms with Gasteiger partial charge in [-0.3, -0.25) is 9.36 Å². The number of aromatic nitrogens is 1. The lowest BCUT2D eigenvalue weighted by molar-refractivity contribution is 0.0961. The van der Waals surface area contributed by atoms with Gasteiger partial charge in [-0.25, -0.2) is 0 Å². The van der Waals surface area contributed by atoms with Gasteiger partial charge >= 0.3 is 0 Å². The van der Waals surface area contributed by atoms with Crippen LogP contribution in [0.25, 0.3) is 10.9 Å². The van der Waals surface area contributed by atoms with E-state index in [0.717, 1.165) is 24.8 Å². The molecule has 2 aliphatic rings. The van der Waals surface area contributed by atoms with Crippen LogP contribution in [0.15, 0.2) is 42.5 Å². The fraction of sp³-hybridized carbons (Fsp3) is 0.250. The zero-order valence-corrected chi connectivity index (χ0v) is 13.2. The van der Waals surface area contributed by atoms with Gasteiger partial charge in [0.25, 0.3) is 5.91 Å². The van der Waals surface area contributed by atoms with E-state index in [9.17, 15) is 4.79 Å². The molecule has 0 saturated carbocycles. The zero-order chi connectivity index (χ0) is 16.1. The Hall–Kier alpha value is -2.75. The smallest absolute Gasteiger partial charge is 0.262 e. The van der Waals surface area contributed by atoms with E-state index in [1.54, 1.807) is 6.07 Å². The maximum Gasteiger partial charge on any atom is 0.262 e. The predicted octanol–water partition coefficient (Wildman–Crippen LogP) is 3.94. The average Bonchev–Trinajstić information content (AvgIpc) is 3.23. The van der Waals surface area contributed by atoms with Crippen molar-refractivity contribution in [3.8, 4) is 11.5 Å². The minimum absolute atomic E-state index is 0.00708. The van der Waals surface area contributed by atoms with Crippen LogP contribution in [0.1, 0.15) is 34.5 Å². The second-order valence-electron chi connectivity index (χ2n) is 6.36. The number of hydrogen-bond acceptors (Lipinski definition) is 3. The summed E-state index contributed by atoms with van der Waals surface area (Å²) in [6, 6.07) is 13.6. The van der Waals surface area contributed by atoms with E-state index in [1.165, 1.54) is 23.1 Å². The van der Waals surface area contributed by atoms with Crippen molar-refractivity contribution in [1.29, 1.82) is 0 Å². The number of ether oxygens (including phenoxy) is 2. The van der Waals surface area contributed by atoms with Crippen LogP contribution in [0.2, 0.25) is 0 Å². The van der Waals surface area contributed by atoms with Crippen molar-refractivity contribution in [2.75, 3.05) is 6.79 Å². The third kappa shape index (κ3) is 1.89. The van der Waals surface area contributed by atoms with Crippen LogP contribution in [-0.2, 0) is 12.8 Å². The van der Waals surface area contributed by atoms with Crippen molar-refractivity contribution in [3.63, 3.8) is 0 Å². The summed E-state index contributed by atoms with van der Waals surface area (Å²) in [5.41, 5.74) is 4.15. The molecule has 1 aliphatic heterocycles. The van der Waals surface area contributed by atoms with E-state index in [0.29, 0.717) is 17.1 Å². The molecule has 3 aromatic rings. The highest BCUT2D eigenvalue weighted by Crippen LogP contribution is 2.35. The van der Waals surface area contributed by atoms with Gasteiger partial charge in [-0.15, -0.1) is 0 Å². The highest BCUT2D eigenvalue weighted by molar-refractivity contribution is 6.04. The van der Waals surface area contributed by atoms with Gasteiger partial charge in [-0.2, -0.15) is 0 Å². The zero-order valence-electron chi connectivity index (χ0n) is 13.2. The van der Waals surface area contributed by atoms with Crippen molar-refractivity contribution in [3.05, 3.63) is 59.3 Å². The Labute approximate surface area is 139 Å². The molecule has 5 rings (SSSR count). The SMILES string of the molecule is O=C(c1ccc2c(c1)OCO2)n1c2c(c3ccccc31)CCCC2. The molecule has 0 atom stereocenters. The summed E-state index contributed by atoms with van der Waals surface area (Å²) in [5, 5.41) is 1.21. The number of benzene rings is 2. The monoisotopic (exact) mass is 319 g/mol. The van der Waals surface area contributed by atoms with Gasteiger partial charge in [-0.05, 0) is 55.5 Å². The first-order valence-corrected chi connectivity index (χ1v) is 8.38. The molecule has 0 bridgehead atoms. The van der Waals surface area contributed by atoms with Gasteiger partial charge in [0.1, 0.15) is 0 Å². The Kier molecular flexibility index (Phi) is 2.92. The first-order chi connectivity index (χ1) is 11.8. The Morgan fingerprint density at radius 3 is 2.75 bits per heavy atom. The summed E-state index contributed by atoms with van der Waals surface area (Å²) in [7, 11) is 0. The number of carbonyl (C=O) groups is 1. The molecule has 0 fully saturated rings. The molecule has 4 nitrogen and oxygen atoms in total. The third-order valence-electron chi connectivity index (χ3n) is 5.00. The van der Waals surface area contributed by atoms with Gasteiger partial charge in [0, 0.05) is 16.6 Å². The van der Waals surface area contributed by atoms with Crippen LogP contribution in [-0.4, -0.2) is 17.3 Å². The molecular weight excluding hydrogens is 302 g/mol. The summed E-state index contributed by atoms with van der Waals surface area (Å²) in [6.07, 6.45) is 4.34. The van der Waals surface area contributed by atoms with E-state index in [4.69, 9.17) is 9.47 Å². The van der Waals surface area contributed by atoms with Crippen molar-refractivity contribution in [1.82, 2.24) is 4.57 Å². The fourth-order valence-electron chi connectivity index (χ4n) is 3.89. The van der Waals surface area contributed by atoms with Crippen LogP contribution >= 0.6 is 0 Å². The molecule has 1 aromatic heterocycles. The summed E-state index contributed by atoms with van der Waals surface area (Å²) >= 11 is 0. The Balaban J connectivity index is 1.70. The second-order valence-corrected chi connectivity index (χ2v) is 6.36. The van der Waals surface area contributed by atoms with Crippen molar-refractivity contribution >= 4 is 16.8 Å². The normalized spacial score (nSPS) is 15.5. The minimum Gasteiger partial charge on any atom is -0.454 e. The van der Waals surface area contributed by atoms with Crippen molar-refractivity contribution in [2.45, 2.75) is 25.7 Å². The number of nitrogens with zero attached hydrogens (tertiary/aromatic N) is 1. The molecule has 0 unspecified atom stereocenters. The quantitative estimate of drug-likeness (QED) is 0.682. The number of para-hydroxylation sites is 1. The van der Waals surface area contributed by atoms with Gasteiger partial charge in [0.2, 0.25) is 6.79 Å². The molecule has 0 N–H and O–H groups in total. The van der Waals surface area contributed by atoms with Crippen LogP contribution in [0.3, 0.4) is 0 Å². The molecule has 24 heavy (non-hydrogen) atoms. The Bertz CT molecular complexity index is 970.